The van der Waals surface area contributed by atoms with Crippen LogP contribution in [0.15, 0.2) is 17.0 Å². The molecule has 0 bridgehead atoms. The van der Waals surface area contributed by atoms with Crippen molar-refractivity contribution in [2.75, 3.05) is 39.3 Å². The van der Waals surface area contributed by atoms with Crippen LogP contribution < -0.4 is 5.32 Å². The average Bonchev–Trinajstić information content (AvgIpc) is 2.97. The molecule has 23 heavy (non-hydrogen) atoms. The molecule has 0 spiro atoms. The second-order valence-electron chi connectivity index (χ2n) is 5.79. The molecule has 3 rings (SSSR count). The first-order valence-electron chi connectivity index (χ1n) is 7.49. The van der Waals surface area contributed by atoms with E-state index in [1.165, 1.54) is 0 Å². The summed E-state index contributed by atoms with van der Waals surface area (Å²) in [7, 11) is -4.31. The fourth-order valence-corrected chi connectivity index (χ4v) is 4.76. The zero-order chi connectivity index (χ0) is 16.6. The number of halogens is 3. The molecule has 1 N–H and O–H groups in total. The van der Waals surface area contributed by atoms with Crippen LogP contribution in [0.5, 0.6) is 0 Å². The maximum Gasteiger partial charge on any atom is 0.248 e. The number of hydrogen-bond acceptors (Lipinski definition) is 4. The van der Waals surface area contributed by atoms with Crippen LogP contribution in [0, 0.1) is 17.5 Å². The number of benzene rings is 1. The van der Waals surface area contributed by atoms with Crippen molar-refractivity contribution in [1.29, 1.82) is 0 Å². The zero-order valence-corrected chi connectivity index (χ0v) is 13.3. The normalized spacial score (nSPS) is 24.2. The lowest BCUT2D eigenvalue weighted by molar-refractivity contribution is 0.179. The topological polar surface area (TPSA) is 52.7 Å². The third-order valence-electron chi connectivity index (χ3n) is 4.36. The molecule has 0 aliphatic carbocycles. The van der Waals surface area contributed by atoms with Crippen molar-refractivity contribution in [2.45, 2.75) is 17.4 Å². The molecule has 5 nitrogen and oxygen atoms in total. The molecule has 1 atom stereocenters. The van der Waals surface area contributed by atoms with Gasteiger partial charge in [0, 0.05) is 57.4 Å². The molecule has 0 saturated carbocycles. The Kier molecular flexibility index (Phi) is 4.63. The second-order valence-corrected chi connectivity index (χ2v) is 7.66. The van der Waals surface area contributed by atoms with Crippen LogP contribution >= 0.6 is 0 Å². The second kappa shape index (κ2) is 6.39. The molecule has 1 aromatic rings. The molecule has 128 valence electrons. The van der Waals surface area contributed by atoms with Gasteiger partial charge in [-0.05, 0) is 6.42 Å². The van der Waals surface area contributed by atoms with E-state index in [0.29, 0.717) is 18.6 Å². The predicted octanol–water partition coefficient (Wildman–Crippen LogP) is 0.772. The van der Waals surface area contributed by atoms with E-state index < -0.39 is 32.4 Å². The summed E-state index contributed by atoms with van der Waals surface area (Å²) >= 11 is 0. The van der Waals surface area contributed by atoms with Crippen molar-refractivity contribution in [3.63, 3.8) is 0 Å². The van der Waals surface area contributed by atoms with Gasteiger partial charge < -0.3 is 5.32 Å². The van der Waals surface area contributed by atoms with Gasteiger partial charge in [0.05, 0.1) is 0 Å². The largest absolute Gasteiger partial charge is 0.314 e. The lowest BCUT2D eigenvalue weighted by Crippen LogP contribution is -2.49. The number of piperazine rings is 1. The summed E-state index contributed by atoms with van der Waals surface area (Å²) in [5, 5.41) is 3.22. The summed E-state index contributed by atoms with van der Waals surface area (Å²) in [6.45, 7) is 3.70. The molecule has 2 aliphatic rings. The number of nitrogens with one attached hydrogen (secondary N) is 1. The molecule has 1 unspecified atom stereocenters. The van der Waals surface area contributed by atoms with Crippen molar-refractivity contribution in [2.24, 2.45) is 0 Å². The van der Waals surface area contributed by atoms with Gasteiger partial charge in [0.15, 0.2) is 4.90 Å². The molecule has 0 aromatic heterocycles. The van der Waals surface area contributed by atoms with Gasteiger partial charge in [-0.15, -0.1) is 0 Å². The highest BCUT2D eigenvalue weighted by atomic mass is 32.2. The van der Waals surface area contributed by atoms with Crippen LogP contribution in [0.4, 0.5) is 13.2 Å². The number of rotatable bonds is 3. The van der Waals surface area contributed by atoms with Crippen LogP contribution in [0.3, 0.4) is 0 Å². The molecule has 2 fully saturated rings. The summed E-state index contributed by atoms with van der Waals surface area (Å²) in [6, 6.07) is 0.818. The Balaban J connectivity index is 1.81. The van der Waals surface area contributed by atoms with E-state index in [0.717, 1.165) is 30.5 Å². The highest BCUT2D eigenvalue weighted by Crippen LogP contribution is 2.28. The minimum atomic E-state index is -4.31. The third-order valence-corrected chi connectivity index (χ3v) is 6.27. The number of sulfonamides is 1. The van der Waals surface area contributed by atoms with E-state index in [1.54, 1.807) is 0 Å². The van der Waals surface area contributed by atoms with Crippen molar-refractivity contribution in [3.05, 3.63) is 29.6 Å². The van der Waals surface area contributed by atoms with Crippen molar-refractivity contribution in [3.8, 4) is 0 Å². The summed E-state index contributed by atoms with van der Waals surface area (Å²) < 4.78 is 66.7. The summed E-state index contributed by atoms with van der Waals surface area (Å²) in [4.78, 5) is 1.11. The summed E-state index contributed by atoms with van der Waals surface area (Å²) in [5.41, 5.74) is 0. The molecular formula is C14H18F3N3O2S. The Bertz CT molecular complexity index is 670. The molecular weight excluding hydrogens is 331 g/mol. The van der Waals surface area contributed by atoms with Crippen LogP contribution in [-0.4, -0.2) is 62.9 Å². The van der Waals surface area contributed by atoms with E-state index in [2.05, 4.69) is 10.2 Å². The summed E-state index contributed by atoms with van der Waals surface area (Å²) in [6.07, 6.45) is 0.615. The Morgan fingerprint density at radius 2 is 1.65 bits per heavy atom. The first-order chi connectivity index (χ1) is 10.9. The Hall–Kier alpha value is -1.16. The van der Waals surface area contributed by atoms with Gasteiger partial charge in [-0.25, -0.2) is 21.6 Å². The van der Waals surface area contributed by atoms with Crippen LogP contribution in [0.2, 0.25) is 0 Å². The Labute approximate surface area is 133 Å². The zero-order valence-electron chi connectivity index (χ0n) is 12.4. The molecule has 2 heterocycles. The van der Waals surface area contributed by atoms with Crippen LogP contribution in [-0.2, 0) is 10.0 Å². The van der Waals surface area contributed by atoms with Crippen LogP contribution in [0.25, 0.3) is 0 Å². The SMILES string of the molecule is O=S(=O)(c1c(F)cc(F)cc1F)N1CCC(N2CCNCC2)C1. The molecule has 1 aromatic carbocycles. The molecule has 0 amide bonds. The Morgan fingerprint density at radius 3 is 2.26 bits per heavy atom. The lowest BCUT2D eigenvalue weighted by Gasteiger charge is -2.32. The first-order valence-corrected chi connectivity index (χ1v) is 8.93. The van der Waals surface area contributed by atoms with Gasteiger partial charge in [-0.2, -0.15) is 4.31 Å². The molecule has 9 heteroatoms. The smallest absolute Gasteiger partial charge is 0.248 e. The van der Waals surface area contributed by atoms with Crippen molar-refractivity contribution >= 4 is 10.0 Å². The van der Waals surface area contributed by atoms with Crippen LogP contribution in [0.1, 0.15) is 6.42 Å². The number of nitrogens with zero attached hydrogens (tertiary/aromatic N) is 2. The van der Waals surface area contributed by atoms with Gasteiger partial charge in [0.25, 0.3) is 0 Å². The van der Waals surface area contributed by atoms with E-state index in [4.69, 9.17) is 0 Å². The van der Waals surface area contributed by atoms with E-state index in [-0.39, 0.29) is 19.1 Å². The third kappa shape index (κ3) is 3.23. The fraction of sp³-hybridized carbons (Fsp3) is 0.571. The van der Waals surface area contributed by atoms with Gasteiger partial charge in [0.2, 0.25) is 10.0 Å². The van der Waals surface area contributed by atoms with Crippen molar-refractivity contribution in [1.82, 2.24) is 14.5 Å². The average molecular weight is 349 g/mol. The van der Waals surface area contributed by atoms with Gasteiger partial charge in [0.1, 0.15) is 17.5 Å². The Morgan fingerprint density at radius 1 is 1.04 bits per heavy atom. The predicted molar refractivity (Wildman–Crippen MR) is 77.9 cm³/mol. The summed E-state index contributed by atoms with van der Waals surface area (Å²) in [5.74, 6) is -3.93. The number of hydrogen-bond donors (Lipinski definition) is 1. The van der Waals surface area contributed by atoms with Gasteiger partial charge in [-0.1, -0.05) is 0 Å². The van der Waals surface area contributed by atoms with E-state index >= 15 is 0 Å². The first kappa shape index (κ1) is 16.7. The fourth-order valence-electron chi connectivity index (χ4n) is 3.18. The minimum Gasteiger partial charge on any atom is -0.314 e. The van der Waals surface area contributed by atoms with Gasteiger partial charge >= 0.3 is 0 Å². The van der Waals surface area contributed by atoms with E-state index in [9.17, 15) is 21.6 Å². The maximum absolute atomic E-state index is 13.8. The maximum atomic E-state index is 13.8. The monoisotopic (exact) mass is 349 g/mol. The highest BCUT2D eigenvalue weighted by Gasteiger charge is 2.38. The molecule has 0 radical (unpaired) electrons. The lowest BCUT2D eigenvalue weighted by atomic mass is 10.2. The highest BCUT2D eigenvalue weighted by molar-refractivity contribution is 7.89. The molecule has 2 aliphatic heterocycles. The minimum absolute atomic E-state index is 0.0402. The quantitative estimate of drug-likeness (QED) is 0.876. The van der Waals surface area contributed by atoms with E-state index in [1.807, 2.05) is 0 Å². The van der Waals surface area contributed by atoms with Crippen molar-refractivity contribution < 1.29 is 21.6 Å². The standard InChI is InChI=1S/C14H18F3N3O2S/c15-10-7-12(16)14(13(17)8-10)23(21,22)20-4-1-11(9-20)19-5-2-18-3-6-19/h7-8,11,18H,1-6,9H2. The molecule has 2 saturated heterocycles. The van der Waals surface area contributed by atoms with Gasteiger partial charge in [-0.3, -0.25) is 4.90 Å².